The molecule has 1 aliphatic rings. The third-order valence-corrected chi connectivity index (χ3v) is 3.34. The number of rotatable bonds is 4. The number of carbonyl (C=O) groups is 2. The van der Waals surface area contributed by atoms with E-state index in [-0.39, 0.29) is 17.4 Å². The molecule has 0 radical (unpaired) electrons. The molecule has 1 unspecified atom stereocenters. The van der Waals surface area contributed by atoms with E-state index >= 15 is 0 Å². The molecule has 1 aliphatic heterocycles. The lowest BCUT2D eigenvalue weighted by atomic mass is 9.98. The van der Waals surface area contributed by atoms with Crippen LogP contribution >= 0.6 is 0 Å². The number of carboxylic acid groups (broad SMARTS) is 1. The first kappa shape index (κ1) is 14.5. The van der Waals surface area contributed by atoms with E-state index in [1.54, 1.807) is 19.1 Å². The van der Waals surface area contributed by atoms with Crippen molar-refractivity contribution < 1.29 is 19.4 Å². The van der Waals surface area contributed by atoms with Crippen LogP contribution in [0, 0.1) is 12.8 Å². The Morgan fingerprint density at radius 3 is 2.85 bits per heavy atom. The zero-order valence-electron chi connectivity index (χ0n) is 11.5. The molecule has 5 nitrogen and oxygen atoms in total. The Balaban J connectivity index is 1.98. The van der Waals surface area contributed by atoms with Crippen LogP contribution in [0.5, 0.6) is 0 Å². The number of anilines is 1. The molecular weight excluding hydrogens is 258 g/mol. The molecule has 2 rings (SSSR count). The summed E-state index contributed by atoms with van der Waals surface area (Å²) in [5.74, 6) is -0.833. The van der Waals surface area contributed by atoms with Crippen LogP contribution in [-0.4, -0.2) is 30.2 Å². The van der Waals surface area contributed by atoms with Crippen LogP contribution in [-0.2, 0) is 9.53 Å². The van der Waals surface area contributed by atoms with Crippen LogP contribution in [0.2, 0.25) is 0 Å². The molecule has 1 aromatic rings. The average molecular weight is 277 g/mol. The van der Waals surface area contributed by atoms with Gasteiger partial charge in [0.2, 0.25) is 5.91 Å². The first-order valence-electron chi connectivity index (χ1n) is 6.77. The van der Waals surface area contributed by atoms with Gasteiger partial charge in [-0.2, -0.15) is 0 Å². The highest BCUT2D eigenvalue weighted by Gasteiger charge is 2.18. The molecule has 20 heavy (non-hydrogen) atoms. The molecule has 0 spiro atoms. The zero-order valence-corrected chi connectivity index (χ0v) is 11.5. The van der Waals surface area contributed by atoms with Gasteiger partial charge in [-0.25, -0.2) is 4.79 Å². The lowest BCUT2D eigenvalue weighted by Crippen LogP contribution is -2.23. The van der Waals surface area contributed by atoms with Gasteiger partial charge in [0, 0.05) is 25.3 Å². The summed E-state index contributed by atoms with van der Waals surface area (Å²) in [6, 6.07) is 4.82. The van der Waals surface area contributed by atoms with Crippen molar-refractivity contribution in [1.29, 1.82) is 0 Å². The van der Waals surface area contributed by atoms with Crippen LogP contribution in [0.3, 0.4) is 0 Å². The largest absolute Gasteiger partial charge is 0.478 e. The molecule has 1 saturated heterocycles. The van der Waals surface area contributed by atoms with E-state index < -0.39 is 5.97 Å². The Labute approximate surface area is 117 Å². The normalized spacial score (nSPS) is 18.6. The Morgan fingerprint density at radius 2 is 2.20 bits per heavy atom. The van der Waals surface area contributed by atoms with E-state index in [0.29, 0.717) is 18.7 Å². The number of carbonyl (C=O) groups excluding carboxylic acids is 1. The third kappa shape index (κ3) is 4.06. The average Bonchev–Trinajstić information content (AvgIpc) is 2.38. The summed E-state index contributed by atoms with van der Waals surface area (Å²) in [7, 11) is 0. The molecule has 1 atom stereocenters. The maximum Gasteiger partial charge on any atom is 0.335 e. The van der Waals surface area contributed by atoms with Crippen molar-refractivity contribution >= 4 is 17.6 Å². The van der Waals surface area contributed by atoms with E-state index in [1.165, 1.54) is 6.07 Å². The molecule has 1 heterocycles. The fourth-order valence-corrected chi connectivity index (χ4v) is 2.42. The number of benzene rings is 1. The fourth-order valence-electron chi connectivity index (χ4n) is 2.42. The van der Waals surface area contributed by atoms with Crippen molar-refractivity contribution in [3.63, 3.8) is 0 Å². The molecule has 108 valence electrons. The molecule has 1 aromatic carbocycles. The summed E-state index contributed by atoms with van der Waals surface area (Å²) in [6.45, 7) is 3.21. The van der Waals surface area contributed by atoms with E-state index in [9.17, 15) is 9.59 Å². The number of aromatic carboxylic acids is 1. The third-order valence-electron chi connectivity index (χ3n) is 3.34. The van der Waals surface area contributed by atoms with Gasteiger partial charge in [0.05, 0.1) is 5.56 Å². The standard InChI is InChI=1S/C15H19NO4/c1-10-5-12(15(18)19)8-13(6-10)16-14(17)7-11-3-2-4-20-9-11/h5-6,8,11H,2-4,7,9H2,1H3,(H,16,17)(H,18,19). The van der Waals surface area contributed by atoms with Crippen molar-refractivity contribution in [2.24, 2.45) is 5.92 Å². The van der Waals surface area contributed by atoms with Gasteiger partial charge in [-0.15, -0.1) is 0 Å². The number of amides is 1. The van der Waals surface area contributed by atoms with E-state index in [4.69, 9.17) is 9.84 Å². The van der Waals surface area contributed by atoms with Crippen molar-refractivity contribution in [3.05, 3.63) is 29.3 Å². The second kappa shape index (κ2) is 6.52. The Kier molecular flexibility index (Phi) is 4.74. The second-order valence-corrected chi connectivity index (χ2v) is 5.23. The summed E-state index contributed by atoms with van der Waals surface area (Å²) < 4.78 is 5.35. The van der Waals surface area contributed by atoms with Gasteiger partial charge < -0.3 is 15.2 Å². The molecule has 1 fully saturated rings. The molecule has 0 aliphatic carbocycles. The number of ether oxygens (including phenoxy) is 1. The van der Waals surface area contributed by atoms with E-state index in [2.05, 4.69) is 5.32 Å². The van der Waals surface area contributed by atoms with Crippen LogP contribution in [0.15, 0.2) is 18.2 Å². The molecule has 5 heteroatoms. The predicted molar refractivity (Wildman–Crippen MR) is 74.9 cm³/mol. The SMILES string of the molecule is Cc1cc(NC(=O)CC2CCCOC2)cc(C(=O)O)c1. The second-order valence-electron chi connectivity index (χ2n) is 5.23. The summed E-state index contributed by atoms with van der Waals surface area (Å²) in [4.78, 5) is 22.9. The highest BCUT2D eigenvalue weighted by atomic mass is 16.5. The van der Waals surface area contributed by atoms with E-state index in [1.807, 2.05) is 0 Å². The van der Waals surface area contributed by atoms with Gasteiger partial charge in [-0.3, -0.25) is 4.79 Å². The van der Waals surface area contributed by atoms with Crippen molar-refractivity contribution in [3.8, 4) is 0 Å². The minimum absolute atomic E-state index is 0.0950. The number of hydrogen-bond acceptors (Lipinski definition) is 3. The highest BCUT2D eigenvalue weighted by Crippen LogP contribution is 2.19. The smallest absolute Gasteiger partial charge is 0.335 e. The maximum atomic E-state index is 12.0. The summed E-state index contributed by atoms with van der Waals surface area (Å²) >= 11 is 0. The summed E-state index contributed by atoms with van der Waals surface area (Å²) in [6.07, 6.45) is 2.41. The van der Waals surface area contributed by atoms with Gasteiger partial charge in [0.15, 0.2) is 0 Å². The Morgan fingerprint density at radius 1 is 1.40 bits per heavy atom. The lowest BCUT2D eigenvalue weighted by molar-refractivity contribution is -0.118. The lowest BCUT2D eigenvalue weighted by Gasteiger charge is -2.21. The number of aryl methyl sites for hydroxylation is 1. The Bertz CT molecular complexity index is 507. The fraction of sp³-hybridized carbons (Fsp3) is 0.467. The molecule has 2 N–H and O–H groups in total. The first-order valence-corrected chi connectivity index (χ1v) is 6.77. The number of carboxylic acids is 1. The van der Waals surface area contributed by atoms with Crippen molar-refractivity contribution in [2.75, 3.05) is 18.5 Å². The molecule has 0 saturated carbocycles. The quantitative estimate of drug-likeness (QED) is 0.886. The summed E-state index contributed by atoms with van der Waals surface area (Å²) in [5.41, 5.74) is 1.52. The van der Waals surface area contributed by atoms with Gasteiger partial charge in [0.1, 0.15) is 0 Å². The molecular formula is C15H19NO4. The van der Waals surface area contributed by atoms with Gasteiger partial charge >= 0.3 is 5.97 Å². The highest BCUT2D eigenvalue weighted by molar-refractivity contribution is 5.94. The molecule has 0 aromatic heterocycles. The minimum atomic E-state index is -0.995. The van der Waals surface area contributed by atoms with Gasteiger partial charge in [-0.1, -0.05) is 0 Å². The van der Waals surface area contributed by atoms with Crippen LogP contribution in [0.1, 0.15) is 35.2 Å². The number of nitrogens with one attached hydrogen (secondary N) is 1. The van der Waals surface area contributed by atoms with Gasteiger partial charge in [0.25, 0.3) is 0 Å². The molecule has 0 bridgehead atoms. The van der Waals surface area contributed by atoms with Crippen LogP contribution in [0.4, 0.5) is 5.69 Å². The van der Waals surface area contributed by atoms with Crippen LogP contribution in [0.25, 0.3) is 0 Å². The first-order chi connectivity index (χ1) is 9.54. The zero-order chi connectivity index (χ0) is 14.5. The number of hydrogen-bond donors (Lipinski definition) is 2. The topological polar surface area (TPSA) is 75.6 Å². The van der Waals surface area contributed by atoms with Crippen molar-refractivity contribution in [2.45, 2.75) is 26.2 Å². The van der Waals surface area contributed by atoms with Crippen LogP contribution < -0.4 is 5.32 Å². The van der Waals surface area contributed by atoms with E-state index in [0.717, 1.165) is 25.0 Å². The monoisotopic (exact) mass is 277 g/mol. The molecule has 1 amide bonds. The van der Waals surface area contributed by atoms with Crippen molar-refractivity contribution in [1.82, 2.24) is 0 Å². The Hall–Kier alpha value is -1.88. The minimum Gasteiger partial charge on any atom is -0.478 e. The maximum absolute atomic E-state index is 12.0. The summed E-state index contributed by atoms with van der Waals surface area (Å²) in [5, 5.41) is 11.8. The van der Waals surface area contributed by atoms with Gasteiger partial charge in [-0.05, 0) is 49.4 Å². The predicted octanol–water partition coefficient (Wildman–Crippen LogP) is 2.45.